The Bertz CT molecular complexity index is 459. The quantitative estimate of drug-likeness (QED) is 0.866. The summed E-state index contributed by atoms with van der Waals surface area (Å²) in [7, 11) is 3.77. The number of nitrogens with zero attached hydrogens (tertiary/aromatic N) is 1. The molecular formula is C14H21BrN2O2. The van der Waals surface area contributed by atoms with Crippen molar-refractivity contribution in [3.8, 4) is 0 Å². The van der Waals surface area contributed by atoms with Crippen LogP contribution in [0, 0.1) is 6.92 Å². The molecule has 5 heteroatoms. The maximum atomic E-state index is 12.0. The van der Waals surface area contributed by atoms with Crippen molar-refractivity contribution < 1.29 is 9.90 Å². The molecule has 1 aromatic rings. The van der Waals surface area contributed by atoms with Gasteiger partial charge in [0.05, 0.1) is 5.60 Å². The average molecular weight is 329 g/mol. The molecule has 0 heterocycles. The summed E-state index contributed by atoms with van der Waals surface area (Å²) in [5.41, 5.74) is 0.665. The Hall–Kier alpha value is -0.910. The predicted molar refractivity (Wildman–Crippen MR) is 80.4 cm³/mol. The van der Waals surface area contributed by atoms with Crippen LogP contribution in [-0.2, 0) is 0 Å². The molecule has 0 saturated carbocycles. The summed E-state index contributed by atoms with van der Waals surface area (Å²) in [4.78, 5) is 13.9. The second-order valence-corrected chi connectivity index (χ2v) is 6.24. The smallest absolute Gasteiger partial charge is 0.251 e. The second-order valence-electron chi connectivity index (χ2n) is 5.38. The van der Waals surface area contributed by atoms with Gasteiger partial charge < -0.3 is 15.3 Å². The molecule has 0 saturated heterocycles. The first kappa shape index (κ1) is 16.1. The number of rotatable bonds is 5. The SMILES string of the molecule is Cc1cc(C(=O)NCC(C)(O)CN(C)C)ccc1Br. The third kappa shape index (κ3) is 5.30. The molecule has 0 aliphatic rings. The summed E-state index contributed by atoms with van der Waals surface area (Å²) in [5.74, 6) is -0.172. The third-order valence-electron chi connectivity index (χ3n) is 2.71. The Labute approximate surface area is 122 Å². The highest BCUT2D eigenvalue weighted by Crippen LogP contribution is 2.17. The zero-order valence-electron chi connectivity index (χ0n) is 11.8. The normalized spacial score (nSPS) is 14.3. The number of carbonyl (C=O) groups excluding carboxylic acids is 1. The van der Waals surface area contributed by atoms with Crippen LogP contribution in [0.15, 0.2) is 22.7 Å². The lowest BCUT2D eigenvalue weighted by Gasteiger charge is -2.27. The molecule has 19 heavy (non-hydrogen) atoms. The highest BCUT2D eigenvalue weighted by atomic mass is 79.9. The van der Waals surface area contributed by atoms with E-state index in [1.165, 1.54) is 0 Å². The van der Waals surface area contributed by atoms with Gasteiger partial charge in [-0.05, 0) is 51.7 Å². The summed E-state index contributed by atoms with van der Waals surface area (Å²) in [6, 6.07) is 5.43. The fourth-order valence-electron chi connectivity index (χ4n) is 1.90. The summed E-state index contributed by atoms with van der Waals surface area (Å²) >= 11 is 3.40. The molecule has 1 aromatic carbocycles. The zero-order chi connectivity index (χ0) is 14.6. The average Bonchev–Trinajstić information content (AvgIpc) is 2.28. The summed E-state index contributed by atoms with van der Waals surface area (Å²) in [6.45, 7) is 4.36. The number of likely N-dealkylation sites (N-methyl/N-ethyl adjacent to an activating group) is 1. The maximum absolute atomic E-state index is 12.0. The molecule has 0 fully saturated rings. The van der Waals surface area contributed by atoms with Gasteiger partial charge in [-0.1, -0.05) is 15.9 Å². The molecule has 1 unspecified atom stereocenters. The fraction of sp³-hybridized carbons (Fsp3) is 0.500. The van der Waals surface area contributed by atoms with E-state index in [-0.39, 0.29) is 12.5 Å². The largest absolute Gasteiger partial charge is 0.387 e. The number of benzene rings is 1. The third-order valence-corrected chi connectivity index (χ3v) is 3.60. The Morgan fingerprint density at radius 1 is 1.47 bits per heavy atom. The molecule has 0 spiro atoms. The van der Waals surface area contributed by atoms with Gasteiger partial charge in [0.2, 0.25) is 0 Å². The van der Waals surface area contributed by atoms with Crippen molar-refractivity contribution in [3.63, 3.8) is 0 Å². The van der Waals surface area contributed by atoms with E-state index in [2.05, 4.69) is 21.2 Å². The van der Waals surface area contributed by atoms with E-state index in [0.29, 0.717) is 12.1 Å². The number of nitrogens with one attached hydrogen (secondary N) is 1. The van der Waals surface area contributed by atoms with Crippen molar-refractivity contribution in [2.45, 2.75) is 19.4 Å². The van der Waals surface area contributed by atoms with Gasteiger partial charge in [0.1, 0.15) is 0 Å². The molecule has 1 atom stereocenters. The molecule has 2 N–H and O–H groups in total. The van der Waals surface area contributed by atoms with Gasteiger partial charge in [0, 0.05) is 23.1 Å². The van der Waals surface area contributed by atoms with Crippen molar-refractivity contribution in [2.75, 3.05) is 27.2 Å². The predicted octanol–water partition coefficient (Wildman–Crippen LogP) is 1.80. The van der Waals surface area contributed by atoms with Crippen LogP contribution >= 0.6 is 15.9 Å². The summed E-state index contributed by atoms with van der Waals surface area (Å²) in [5, 5.41) is 12.9. The second kappa shape index (κ2) is 6.50. The van der Waals surface area contributed by atoms with E-state index in [1.54, 1.807) is 13.0 Å². The van der Waals surface area contributed by atoms with Crippen LogP contribution < -0.4 is 5.32 Å². The Morgan fingerprint density at radius 3 is 2.63 bits per heavy atom. The summed E-state index contributed by atoms with van der Waals surface area (Å²) in [6.07, 6.45) is 0. The minimum Gasteiger partial charge on any atom is -0.387 e. The Morgan fingerprint density at radius 2 is 2.11 bits per heavy atom. The Kier molecular flexibility index (Phi) is 5.52. The molecule has 4 nitrogen and oxygen atoms in total. The van der Waals surface area contributed by atoms with Gasteiger partial charge in [-0.3, -0.25) is 4.79 Å². The lowest BCUT2D eigenvalue weighted by Crippen LogP contribution is -2.47. The highest BCUT2D eigenvalue weighted by molar-refractivity contribution is 9.10. The first-order valence-corrected chi connectivity index (χ1v) is 6.92. The first-order chi connectivity index (χ1) is 8.71. The molecule has 0 bridgehead atoms. The standard InChI is InChI=1S/C14H21BrN2O2/c1-10-7-11(5-6-12(10)15)13(18)16-8-14(2,19)9-17(3)4/h5-7,19H,8-9H2,1-4H3,(H,16,18). The number of halogens is 1. The fourth-order valence-corrected chi connectivity index (χ4v) is 2.14. The number of aliphatic hydroxyl groups is 1. The van der Waals surface area contributed by atoms with Gasteiger partial charge in [-0.25, -0.2) is 0 Å². The topological polar surface area (TPSA) is 52.6 Å². The number of aryl methyl sites for hydroxylation is 1. The number of hydrogen-bond acceptors (Lipinski definition) is 3. The highest BCUT2D eigenvalue weighted by Gasteiger charge is 2.22. The van der Waals surface area contributed by atoms with Gasteiger partial charge in [0.25, 0.3) is 5.91 Å². The van der Waals surface area contributed by atoms with Crippen LogP contribution in [0.3, 0.4) is 0 Å². The van der Waals surface area contributed by atoms with Crippen molar-refractivity contribution >= 4 is 21.8 Å². The number of carbonyl (C=O) groups is 1. The van der Waals surface area contributed by atoms with E-state index in [1.807, 2.05) is 38.1 Å². The molecule has 106 valence electrons. The van der Waals surface area contributed by atoms with Crippen molar-refractivity contribution in [1.82, 2.24) is 10.2 Å². The molecule has 1 amide bonds. The van der Waals surface area contributed by atoms with Crippen LogP contribution in [0.2, 0.25) is 0 Å². The van der Waals surface area contributed by atoms with Gasteiger partial charge in [-0.2, -0.15) is 0 Å². The van der Waals surface area contributed by atoms with Crippen molar-refractivity contribution in [1.29, 1.82) is 0 Å². The molecule has 0 aliphatic heterocycles. The van der Waals surface area contributed by atoms with E-state index < -0.39 is 5.60 Å². The van der Waals surface area contributed by atoms with Crippen LogP contribution in [0.4, 0.5) is 0 Å². The summed E-state index contributed by atoms with van der Waals surface area (Å²) < 4.78 is 0.976. The van der Waals surface area contributed by atoms with Crippen molar-refractivity contribution in [3.05, 3.63) is 33.8 Å². The molecular weight excluding hydrogens is 308 g/mol. The zero-order valence-corrected chi connectivity index (χ0v) is 13.4. The molecule has 1 rings (SSSR count). The Balaban J connectivity index is 2.62. The van der Waals surface area contributed by atoms with Gasteiger partial charge in [-0.15, -0.1) is 0 Å². The van der Waals surface area contributed by atoms with E-state index in [9.17, 15) is 9.90 Å². The number of amides is 1. The lowest BCUT2D eigenvalue weighted by atomic mass is 10.1. The molecule has 0 aromatic heterocycles. The van der Waals surface area contributed by atoms with Gasteiger partial charge >= 0.3 is 0 Å². The molecule has 0 radical (unpaired) electrons. The van der Waals surface area contributed by atoms with Crippen LogP contribution in [0.5, 0.6) is 0 Å². The number of hydrogen-bond donors (Lipinski definition) is 2. The maximum Gasteiger partial charge on any atom is 0.251 e. The first-order valence-electron chi connectivity index (χ1n) is 6.13. The van der Waals surface area contributed by atoms with Crippen LogP contribution in [0.25, 0.3) is 0 Å². The monoisotopic (exact) mass is 328 g/mol. The van der Waals surface area contributed by atoms with Crippen LogP contribution in [-0.4, -0.2) is 48.7 Å². The minimum atomic E-state index is -0.941. The van der Waals surface area contributed by atoms with Crippen LogP contribution in [0.1, 0.15) is 22.8 Å². The van der Waals surface area contributed by atoms with Crippen molar-refractivity contribution in [2.24, 2.45) is 0 Å². The minimum absolute atomic E-state index is 0.172. The lowest BCUT2D eigenvalue weighted by molar-refractivity contribution is 0.0326. The van der Waals surface area contributed by atoms with Gasteiger partial charge in [0.15, 0.2) is 0 Å². The molecule has 0 aliphatic carbocycles. The van der Waals surface area contributed by atoms with E-state index in [4.69, 9.17) is 0 Å². The van der Waals surface area contributed by atoms with E-state index >= 15 is 0 Å². The van der Waals surface area contributed by atoms with E-state index in [0.717, 1.165) is 10.0 Å².